The maximum absolute atomic E-state index is 15.2. The minimum Gasteiger partial charge on any atom is -0.508 e. The van der Waals surface area contributed by atoms with Crippen molar-refractivity contribution < 1.29 is 105 Å². The Bertz CT molecular complexity index is 3220. The summed E-state index contributed by atoms with van der Waals surface area (Å²) in [4.78, 5) is 170. The van der Waals surface area contributed by atoms with Gasteiger partial charge in [-0.05, 0) is 99.2 Å². The SMILES string of the molecule is C[C@@H](N)[C@@H]1NC(=O)[C@H](CCCCN)NC(=O)[C@@H](Cc2ccc(NC(N)=O)cc2)NC(=O)[C@H](Cc2ccc(O)cc2)NC(=O)[C@@H](NC(=O)[C@@H](Cc2ccc(Cl)cc2)NC(=O)CC[C@H](C(=O)O)N2CCN(CC(=O)O)CCN(CC(=O)O)CC2)CSSC[C@@H](C(=O)N[C@H](CO)[C@@H](C)O)NC1=O.[67Cu]. The Labute approximate surface area is 600 Å². The van der Waals surface area contributed by atoms with Gasteiger partial charge in [-0.1, -0.05) is 69.6 Å². The Hall–Kier alpha value is -7.87. The van der Waals surface area contributed by atoms with Gasteiger partial charge >= 0.3 is 23.9 Å². The third kappa shape index (κ3) is 29.4. The zero-order chi connectivity index (χ0) is 72.9. The summed E-state index contributed by atoms with van der Waals surface area (Å²) >= 11 is 6.24. The van der Waals surface area contributed by atoms with Gasteiger partial charge in [0.05, 0.1) is 31.8 Å². The van der Waals surface area contributed by atoms with Gasteiger partial charge in [0, 0.05) is 110 Å². The van der Waals surface area contributed by atoms with Crippen LogP contribution in [-0.4, -0.2) is 260 Å². The Morgan fingerprint density at radius 3 is 1.71 bits per heavy atom. The van der Waals surface area contributed by atoms with Gasteiger partial charge < -0.3 is 95.7 Å². The maximum atomic E-state index is 15.2. The first-order valence-electron chi connectivity index (χ1n) is 32.0. The zero-order valence-electron chi connectivity index (χ0n) is 55.1. The molecule has 2 heterocycles. The number of carbonyl (C=O) groups excluding carboxylic acids is 9. The largest absolute Gasteiger partial charge is 0.508 e. The molecule has 33 nitrogen and oxygen atoms in total. The van der Waals surface area contributed by atoms with Gasteiger partial charge in [-0.25, -0.2) is 4.79 Å². The second kappa shape index (κ2) is 43.1. The summed E-state index contributed by atoms with van der Waals surface area (Å²) in [5.74, 6) is -12.1. The van der Waals surface area contributed by atoms with Crippen LogP contribution < -0.4 is 65.1 Å². The first-order valence-corrected chi connectivity index (χ1v) is 34.8. The predicted octanol–water partition coefficient (Wildman–Crippen LogP) is -2.99. The van der Waals surface area contributed by atoms with Crippen LogP contribution in [0.1, 0.15) is 62.6 Å². The topological polar surface area (TPSA) is 522 Å². The van der Waals surface area contributed by atoms with Gasteiger partial charge in [0.15, 0.2) is 0 Å². The van der Waals surface area contributed by atoms with Crippen molar-refractivity contribution in [3.63, 3.8) is 0 Å². The van der Waals surface area contributed by atoms with E-state index in [1.807, 2.05) is 0 Å². The molecule has 555 valence electrons. The molecule has 3 aromatic carbocycles. The van der Waals surface area contributed by atoms with Crippen LogP contribution in [0.5, 0.6) is 5.75 Å². The van der Waals surface area contributed by atoms with E-state index < -0.39 is 170 Å². The van der Waals surface area contributed by atoms with Crippen molar-refractivity contribution in [2.24, 2.45) is 17.2 Å². The number of nitrogens with one attached hydrogen (secondary N) is 9. The molecule has 3 aromatic rings. The first-order chi connectivity index (χ1) is 47.0. The van der Waals surface area contributed by atoms with E-state index in [-0.39, 0.29) is 119 Å². The fourth-order valence-corrected chi connectivity index (χ4v) is 13.1. The number of phenolic OH excluding ortho intramolecular Hbond substituents is 1. The van der Waals surface area contributed by atoms with Gasteiger partial charge in [0.1, 0.15) is 54.1 Å². The summed E-state index contributed by atoms with van der Waals surface area (Å²) < 4.78 is 0. The van der Waals surface area contributed by atoms with Crippen molar-refractivity contribution in [3.8, 4) is 5.75 Å². The number of amides is 10. The molecule has 5 rings (SSSR count). The molecule has 0 spiro atoms. The number of nitrogens with zero attached hydrogens (tertiary/aromatic N) is 3. The van der Waals surface area contributed by atoms with Gasteiger partial charge in [-0.3, -0.25) is 67.4 Å². The van der Waals surface area contributed by atoms with Crippen molar-refractivity contribution in [3.05, 3.63) is 94.5 Å². The van der Waals surface area contributed by atoms with Crippen LogP contribution in [0.4, 0.5) is 10.5 Å². The van der Waals surface area contributed by atoms with Crippen molar-refractivity contribution in [1.29, 1.82) is 0 Å². The van der Waals surface area contributed by atoms with Crippen molar-refractivity contribution in [1.82, 2.24) is 57.2 Å². The number of aliphatic carboxylic acids is 3. The number of unbranched alkanes of at least 4 members (excludes halogenated alkanes) is 1. The molecule has 0 bridgehead atoms. The molecule has 0 aliphatic carbocycles. The van der Waals surface area contributed by atoms with Crippen LogP contribution in [-0.2, 0) is 89.1 Å². The number of hydrogen-bond acceptors (Lipinski definition) is 22. The fraction of sp³-hybridized carbons (Fsp3) is 0.524. The number of urea groups is 1. The molecular weight excluding hydrogens is 1420 g/mol. The van der Waals surface area contributed by atoms with E-state index in [1.54, 1.807) is 21.9 Å². The van der Waals surface area contributed by atoms with E-state index in [1.165, 1.54) is 79.4 Å². The summed E-state index contributed by atoms with van der Waals surface area (Å²) in [6, 6.07) is 2.11. The Morgan fingerprint density at radius 1 is 0.670 bits per heavy atom. The van der Waals surface area contributed by atoms with E-state index in [4.69, 9.17) is 28.8 Å². The number of phenols is 1. The molecule has 2 saturated heterocycles. The molecule has 10 amide bonds. The summed E-state index contributed by atoms with van der Waals surface area (Å²) in [5, 5.41) is 84.4. The summed E-state index contributed by atoms with van der Waals surface area (Å²) in [6.07, 6.45) is -2.46. The number of carboxylic acid groups (broad SMARTS) is 3. The van der Waals surface area contributed by atoms with Gasteiger partial charge in [0.2, 0.25) is 47.3 Å². The van der Waals surface area contributed by atoms with E-state index in [2.05, 4.69) is 47.9 Å². The van der Waals surface area contributed by atoms with Crippen LogP contribution in [0.15, 0.2) is 72.8 Å². The number of rotatable bonds is 28. The van der Waals surface area contributed by atoms with E-state index in [0.29, 0.717) is 28.1 Å². The van der Waals surface area contributed by atoms with E-state index in [9.17, 15) is 73.8 Å². The van der Waals surface area contributed by atoms with Gasteiger partial charge in [-0.15, -0.1) is 0 Å². The third-order valence-electron chi connectivity index (χ3n) is 16.1. The van der Waals surface area contributed by atoms with Crippen LogP contribution in [0.2, 0.25) is 5.02 Å². The molecule has 1 radical (unpaired) electrons. The number of carbonyl (C=O) groups is 12. The van der Waals surface area contributed by atoms with Gasteiger partial charge in [-0.2, -0.15) is 0 Å². The summed E-state index contributed by atoms with van der Waals surface area (Å²) in [6.45, 7) is 1.88. The Kier molecular flexibility index (Phi) is 36.4. The number of halogens is 1. The van der Waals surface area contributed by atoms with Crippen LogP contribution in [0, 0.1) is 0 Å². The summed E-state index contributed by atoms with van der Waals surface area (Å²) in [7, 11) is 1.77. The molecule has 0 aromatic heterocycles. The second-order valence-corrected chi connectivity index (χ2v) is 27.0. The molecule has 2 aliphatic heterocycles. The molecule has 21 N–H and O–H groups in total. The molecule has 37 heteroatoms. The maximum Gasteiger partial charge on any atom is 0.320 e. The second-order valence-electron chi connectivity index (χ2n) is 24.0. The number of aliphatic hydroxyl groups is 2. The van der Waals surface area contributed by atoms with Crippen LogP contribution in [0.25, 0.3) is 0 Å². The number of carboxylic acids is 3. The first kappa shape index (κ1) is 84.5. The molecule has 0 unspecified atom stereocenters. The summed E-state index contributed by atoms with van der Waals surface area (Å²) in [5.41, 5.74) is 19.0. The monoisotopic (exact) mass is 1510 g/mol. The van der Waals surface area contributed by atoms with E-state index in [0.717, 1.165) is 21.6 Å². The van der Waals surface area contributed by atoms with Crippen LogP contribution >= 0.6 is 33.2 Å². The molecule has 2 aliphatic rings. The predicted molar refractivity (Wildman–Crippen MR) is 366 cm³/mol. The number of benzene rings is 3. The number of nitrogens with two attached hydrogens (primary N) is 3. The molecule has 11 atom stereocenters. The fourth-order valence-electron chi connectivity index (χ4n) is 10.6. The van der Waals surface area contributed by atoms with Crippen molar-refractivity contribution in [2.45, 2.75) is 132 Å². The average Bonchev–Trinajstić information content (AvgIpc) is 0.863. The van der Waals surface area contributed by atoms with Crippen LogP contribution in [0.3, 0.4) is 0 Å². The number of aliphatic hydroxyl groups excluding tert-OH is 2. The van der Waals surface area contributed by atoms with E-state index >= 15 is 14.4 Å². The van der Waals surface area contributed by atoms with Gasteiger partial charge in [0.25, 0.3) is 0 Å². The van der Waals surface area contributed by atoms with Crippen molar-refractivity contribution >= 4 is 110 Å². The number of primary amides is 1. The minimum atomic E-state index is -1.68. The average molecular weight is 1510 g/mol. The number of anilines is 1. The molecule has 2 fully saturated rings. The Morgan fingerprint density at radius 2 is 1.19 bits per heavy atom. The number of hydrogen-bond donors (Lipinski definition) is 18. The third-order valence-corrected chi connectivity index (χ3v) is 18.8. The molecular formula is C63H90ClCuN15O18S2. The molecule has 100 heavy (non-hydrogen) atoms. The normalized spacial score (nSPS) is 21.4. The zero-order valence-corrected chi connectivity index (χ0v) is 58.4. The number of aromatic hydroxyl groups is 1. The Balaban J connectivity index is 0.0000212. The minimum absolute atomic E-state index is 0. The standard InChI is InChI=1S/C63H90ClN15O18S2.Cu/c1-35(66)54-61(94)75-49(60(93)73-47(32-80)36(2)81)34-99-98-33-48(74-56(89)44(27-37-6-12-40(64)13-7-37)69-51(83)19-18-50(62(95)96)79-25-23-77(30-52(84)85)21-22-78(24-26-79)31-53(86)87)59(92)72-46(29-39-10-16-42(82)17-11-39)58(91)71-45(28-38-8-14-41(15-9-38)68-63(67)97)57(90)70-43(55(88)76-54)5-3-4-20-65;/h6-17,35-36,43-50,54,80-82H,3-5,18-34,65-66H2,1-2H3,(H,69,83)(H,70,90)(H,71,91)(H,72,92)(H,73,93)(H,74,89)(H,75,94)(H,76,88)(H,84,85)(H,86,87)(H,95,96)(H3,67,68,97);/t35-,36-,43+,44-,45-,46+,47-,48+,49+,50-,54+;/m1./s1/i;1+3. The molecule has 0 saturated carbocycles. The smallest absolute Gasteiger partial charge is 0.320 e. The quantitative estimate of drug-likeness (QED) is 0.0196. The van der Waals surface area contributed by atoms with Crippen molar-refractivity contribution in [2.75, 3.05) is 82.3 Å².